The van der Waals surface area contributed by atoms with Gasteiger partial charge in [0, 0.05) is 11.8 Å². The number of allylic oxidation sites excluding steroid dienone is 1. The third-order valence-corrected chi connectivity index (χ3v) is 1.95. The Balaban J connectivity index is 2.97. The minimum Gasteiger partial charge on any atom is -0.465 e. The van der Waals surface area contributed by atoms with Crippen LogP contribution in [0.25, 0.3) is 0 Å². The average Bonchev–Trinajstić information content (AvgIpc) is 2.35. The first-order chi connectivity index (χ1) is 7.69. The number of carbonyl (C=O) groups is 1. The fourth-order valence-electron chi connectivity index (χ4n) is 1.12. The SMILES string of the molecule is COC(=O)c1ccccc1N/C=C(\C)C#N. The molecule has 0 saturated heterocycles. The van der Waals surface area contributed by atoms with E-state index >= 15 is 0 Å². The van der Waals surface area contributed by atoms with E-state index in [1.165, 1.54) is 7.11 Å². The maximum atomic E-state index is 11.4. The number of rotatable bonds is 3. The van der Waals surface area contributed by atoms with Crippen molar-refractivity contribution < 1.29 is 9.53 Å². The number of methoxy groups -OCH3 is 1. The van der Waals surface area contributed by atoms with E-state index in [1.807, 2.05) is 6.07 Å². The van der Waals surface area contributed by atoms with Crippen molar-refractivity contribution in [3.8, 4) is 6.07 Å². The Labute approximate surface area is 94.1 Å². The standard InChI is InChI=1S/C12H12N2O2/c1-9(7-13)8-14-11-6-4-3-5-10(11)12(15)16-2/h3-6,8,14H,1-2H3/b9-8+. The van der Waals surface area contributed by atoms with Crippen LogP contribution in [0.3, 0.4) is 0 Å². The molecule has 0 radical (unpaired) electrons. The molecule has 1 aromatic carbocycles. The van der Waals surface area contributed by atoms with E-state index < -0.39 is 5.97 Å². The zero-order chi connectivity index (χ0) is 12.0. The van der Waals surface area contributed by atoms with Crippen LogP contribution in [0.4, 0.5) is 5.69 Å². The summed E-state index contributed by atoms with van der Waals surface area (Å²) in [5.74, 6) is -0.411. The topological polar surface area (TPSA) is 62.1 Å². The normalized spacial score (nSPS) is 10.4. The summed E-state index contributed by atoms with van der Waals surface area (Å²) in [4.78, 5) is 11.4. The van der Waals surface area contributed by atoms with Crippen LogP contribution in [-0.4, -0.2) is 13.1 Å². The van der Waals surface area contributed by atoms with Crippen LogP contribution in [0.5, 0.6) is 0 Å². The Morgan fingerprint density at radius 3 is 2.81 bits per heavy atom. The molecule has 0 aromatic heterocycles. The smallest absolute Gasteiger partial charge is 0.339 e. The van der Waals surface area contributed by atoms with E-state index in [2.05, 4.69) is 10.1 Å². The van der Waals surface area contributed by atoms with Gasteiger partial charge in [0.25, 0.3) is 0 Å². The van der Waals surface area contributed by atoms with Crippen molar-refractivity contribution in [3.63, 3.8) is 0 Å². The highest BCUT2D eigenvalue weighted by Crippen LogP contribution is 2.16. The first kappa shape index (κ1) is 11.8. The predicted molar refractivity (Wildman–Crippen MR) is 60.8 cm³/mol. The van der Waals surface area contributed by atoms with Gasteiger partial charge in [-0.25, -0.2) is 4.79 Å². The summed E-state index contributed by atoms with van der Waals surface area (Å²) in [7, 11) is 1.33. The van der Waals surface area contributed by atoms with Crippen molar-refractivity contribution in [1.29, 1.82) is 5.26 Å². The number of carbonyl (C=O) groups excluding carboxylic acids is 1. The lowest BCUT2D eigenvalue weighted by molar-refractivity contribution is 0.0602. The molecule has 0 aliphatic rings. The maximum absolute atomic E-state index is 11.4. The average molecular weight is 216 g/mol. The zero-order valence-electron chi connectivity index (χ0n) is 9.15. The van der Waals surface area contributed by atoms with Gasteiger partial charge in [0.15, 0.2) is 0 Å². The number of nitrogens with zero attached hydrogens (tertiary/aromatic N) is 1. The molecule has 1 rings (SSSR count). The first-order valence-electron chi connectivity index (χ1n) is 4.69. The summed E-state index contributed by atoms with van der Waals surface area (Å²) < 4.78 is 4.65. The molecule has 4 heteroatoms. The van der Waals surface area contributed by atoms with Crippen LogP contribution in [0.1, 0.15) is 17.3 Å². The van der Waals surface area contributed by atoms with Gasteiger partial charge >= 0.3 is 5.97 Å². The van der Waals surface area contributed by atoms with E-state index in [9.17, 15) is 4.79 Å². The van der Waals surface area contributed by atoms with Crippen molar-refractivity contribution in [1.82, 2.24) is 0 Å². The third-order valence-electron chi connectivity index (χ3n) is 1.95. The molecule has 0 fully saturated rings. The number of nitriles is 1. The van der Waals surface area contributed by atoms with Crippen molar-refractivity contribution in [3.05, 3.63) is 41.6 Å². The largest absolute Gasteiger partial charge is 0.465 e. The predicted octanol–water partition coefficient (Wildman–Crippen LogP) is 2.31. The van der Waals surface area contributed by atoms with E-state index in [4.69, 9.17) is 5.26 Å². The number of para-hydroxylation sites is 1. The molecule has 0 atom stereocenters. The van der Waals surface area contributed by atoms with E-state index in [-0.39, 0.29) is 0 Å². The molecule has 0 heterocycles. The van der Waals surface area contributed by atoms with Crippen LogP contribution < -0.4 is 5.32 Å². The summed E-state index contributed by atoms with van der Waals surface area (Å²) in [5.41, 5.74) is 1.58. The molecule has 0 bridgehead atoms. The van der Waals surface area contributed by atoms with Crippen molar-refractivity contribution >= 4 is 11.7 Å². The highest BCUT2D eigenvalue weighted by molar-refractivity contribution is 5.95. The molecule has 1 aromatic rings. The van der Waals surface area contributed by atoms with Gasteiger partial charge in [-0.1, -0.05) is 12.1 Å². The number of nitrogens with one attached hydrogen (secondary N) is 1. The molecule has 82 valence electrons. The van der Waals surface area contributed by atoms with Crippen LogP contribution >= 0.6 is 0 Å². The molecular formula is C12H12N2O2. The number of benzene rings is 1. The lowest BCUT2D eigenvalue weighted by Gasteiger charge is -2.06. The minimum absolute atomic E-state index is 0.411. The number of anilines is 1. The van der Waals surface area contributed by atoms with Gasteiger partial charge in [-0.15, -0.1) is 0 Å². The molecule has 4 nitrogen and oxygen atoms in total. The number of esters is 1. The highest BCUT2D eigenvalue weighted by atomic mass is 16.5. The monoisotopic (exact) mass is 216 g/mol. The maximum Gasteiger partial charge on any atom is 0.339 e. The fraction of sp³-hybridized carbons (Fsp3) is 0.167. The quantitative estimate of drug-likeness (QED) is 0.622. The molecule has 0 amide bonds. The van der Waals surface area contributed by atoms with Gasteiger partial charge in [0.1, 0.15) is 0 Å². The van der Waals surface area contributed by atoms with Gasteiger partial charge in [-0.3, -0.25) is 0 Å². The van der Waals surface area contributed by atoms with E-state index in [0.29, 0.717) is 16.8 Å². The highest BCUT2D eigenvalue weighted by Gasteiger charge is 2.09. The summed E-state index contributed by atoms with van der Waals surface area (Å²) in [6.07, 6.45) is 1.54. The second-order valence-corrected chi connectivity index (χ2v) is 3.12. The molecule has 0 aliphatic heterocycles. The summed E-state index contributed by atoms with van der Waals surface area (Å²) in [6.45, 7) is 1.67. The van der Waals surface area contributed by atoms with Crippen molar-refractivity contribution in [2.75, 3.05) is 12.4 Å². The van der Waals surface area contributed by atoms with E-state index in [1.54, 1.807) is 37.4 Å². The van der Waals surface area contributed by atoms with Crippen LogP contribution in [0, 0.1) is 11.3 Å². The minimum atomic E-state index is -0.411. The Kier molecular flexibility index (Phi) is 4.10. The lowest BCUT2D eigenvalue weighted by atomic mass is 10.2. The third kappa shape index (κ3) is 2.85. The Morgan fingerprint density at radius 2 is 2.19 bits per heavy atom. The van der Waals surface area contributed by atoms with Crippen LogP contribution in [-0.2, 0) is 4.74 Å². The van der Waals surface area contributed by atoms with Crippen molar-refractivity contribution in [2.45, 2.75) is 6.92 Å². The van der Waals surface area contributed by atoms with Crippen LogP contribution in [0.15, 0.2) is 36.0 Å². The molecule has 0 saturated carbocycles. The lowest BCUT2D eigenvalue weighted by Crippen LogP contribution is -2.05. The number of ether oxygens (including phenoxy) is 1. The zero-order valence-corrected chi connectivity index (χ0v) is 9.15. The molecule has 1 N–H and O–H groups in total. The van der Waals surface area contributed by atoms with Crippen molar-refractivity contribution in [2.24, 2.45) is 0 Å². The van der Waals surface area contributed by atoms with Gasteiger partial charge in [-0.05, 0) is 19.1 Å². The van der Waals surface area contributed by atoms with Gasteiger partial charge < -0.3 is 10.1 Å². The molecule has 0 unspecified atom stereocenters. The molecular weight excluding hydrogens is 204 g/mol. The molecule has 0 aliphatic carbocycles. The molecule has 0 spiro atoms. The fourth-order valence-corrected chi connectivity index (χ4v) is 1.12. The Bertz CT molecular complexity index is 458. The summed E-state index contributed by atoms with van der Waals surface area (Å²) in [5, 5.41) is 11.5. The Hall–Kier alpha value is -2.28. The second kappa shape index (κ2) is 5.56. The van der Waals surface area contributed by atoms with Gasteiger partial charge in [0.2, 0.25) is 0 Å². The molecule has 16 heavy (non-hydrogen) atoms. The summed E-state index contributed by atoms with van der Waals surface area (Å²) >= 11 is 0. The number of hydrogen-bond acceptors (Lipinski definition) is 4. The number of hydrogen-bond donors (Lipinski definition) is 1. The van der Waals surface area contributed by atoms with Gasteiger partial charge in [0.05, 0.1) is 24.4 Å². The van der Waals surface area contributed by atoms with Gasteiger partial charge in [-0.2, -0.15) is 5.26 Å². The summed E-state index contributed by atoms with van der Waals surface area (Å²) in [6, 6.07) is 8.92. The Morgan fingerprint density at radius 1 is 1.50 bits per heavy atom. The first-order valence-corrected chi connectivity index (χ1v) is 4.69. The second-order valence-electron chi connectivity index (χ2n) is 3.12. The van der Waals surface area contributed by atoms with Crippen LogP contribution in [0.2, 0.25) is 0 Å². The van der Waals surface area contributed by atoms with E-state index in [0.717, 1.165) is 0 Å².